The zero-order chi connectivity index (χ0) is 19.7. The molecule has 2 aliphatic rings. The van der Waals surface area contributed by atoms with Crippen LogP contribution in [0.25, 0.3) is 0 Å². The fourth-order valence-electron chi connectivity index (χ4n) is 4.07. The van der Waals surface area contributed by atoms with E-state index < -0.39 is 16.1 Å². The van der Waals surface area contributed by atoms with Gasteiger partial charge in [0.15, 0.2) is 0 Å². The van der Waals surface area contributed by atoms with E-state index in [1.165, 1.54) is 26.9 Å². The average molecular weight is 420 g/mol. The Morgan fingerprint density at radius 3 is 2.89 bits per heavy atom. The lowest BCUT2D eigenvalue weighted by Crippen LogP contribution is -2.45. The van der Waals surface area contributed by atoms with Gasteiger partial charge < -0.3 is 10.2 Å². The molecule has 0 unspecified atom stereocenters. The quantitative estimate of drug-likeness (QED) is 0.809. The number of carbonyl (C=O) groups is 1. The molecule has 1 saturated heterocycles. The molecule has 0 aliphatic carbocycles. The van der Waals surface area contributed by atoms with Crippen molar-refractivity contribution in [1.29, 1.82) is 0 Å². The molecule has 1 fully saturated rings. The Kier molecular flexibility index (Phi) is 5.44. The standard InChI is InChI=1S/C20H25N3O3S2/c1-22-10-2-5-16-13-15(8-9-17(16)22)14-21-20(24)18-6-3-11-23(18)28(25,26)19-7-4-12-27-19/h4,7-9,12-13,18H,2-3,5-6,10-11,14H2,1H3,(H,21,24)/t18-/m0/s1. The van der Waals surface area contributed by atoms with Crippen LogP contribution in [0, 0.1) is 0 Å². The second kappa shape index (κ2) is 7.85. The van der Waals surface area contributed by atoms with Crippen LogP contribution in [-0.2, 0) is 27.8 Å². The molecule has 1 aromatic heterocycles. The summed E-state index contributed by atoms with van der Waals surface area (Å²) >= 11 is 1.19. The van der Waals surface area contributed by atoms with Crippen LogP contribution in [0.3, 0.4) is 0 Å². The van der Waals surface area contributed by atoms with Crippen LogP contribution >= 0.6 is 11.3 Å². The van der Waals surface area contributed by atoms with Crippen LogP contribution < -0.4 is 10.2 Å². The topological polar surface area (TPSA) is 69.7 Å². The maximum atomic E-state index is 12.8. The Hall–Kier alpha value is -1.90. The number of hydrogen-bond donors (Lipinski definition) is 1. The van der Waals surface area contributed by atoms with Crippen molar-refractivity contribution in [1.82, 2.24) is 9.62 Å². The van der Waals surface area contributed by atoms with E-state index in [-0.39, 0.29) is 5.91 Å². The minimum Gasteiger partial charge on any atom is -0.374 e. The first-order valence-electron chi connectivity index (χ1n) is 9.63. The van der Waals surface area contributed by atoms with Gasteiger partial charge in [0.2, 0.25) is 5.91 Å². The van der Waals surface area contributed by atoms with Gasteiger partial charge in [-0.15, -0.1) is 11.3 Å². The molecule has 28 heavy (non-hydrogen) atoms. The van der Waals surface area contributed by atoms with E-state index in [9.17, 15) is 13.2 Å². The molecule has 1 aromatic carbocycles. The summed E-state index contributed by atoms with van der Waals surface area (Å²) < 4.78 is 27.3. The number of hydrogen-bond acceptors (Lipinski definition) is 5. The third-order valence-electron chi connectivity index (χ3n) is 5.53. The van der Waals surface area contributed by atoms with Crippen molar-refractivity contribution >= 4 is 33.0 Å². The molecule has 0 saturated carbocycles. The van der Waals surface area contributed by atoms with E-state index in [0.717, 1.165) is 24.9 Å². The first kappa shape index (κ1) is 19.4. The molecular weight excluding hydrogens is 394 g/mol. The van der Waals surface area contributed by atoms with Gasteiger partial charge in [-0.05, 0) is 54.3 Å². The molecule has 1 atom stereocenters. The number of amides is 1. The van der Waals surface area contributed by atoms with Crippen LogP contribution in [-0.4, -0.2) is 44.8 Å². The molecule has 1 amide bonds. The van der Waals surface area contributed by atoms with Gasteiger partial charge in [-0.3, -0.25) is 4.79 Å². The maximum absolute atomic E-state index is 12.8. The third-order valence-corrected chi connectivity index (χ3v) is 8.81. The van der Waals surface area contributed by atoms with Crippen molar-refractivity contribution in [3.8, 4) is 0 Å². The maximum Gasteiger partial charge on any atom is 0.253 e. The summed E-state index contributed by atoms with van der Waals surface area (Å²) in [6.45, 7) is 1.88. The number of benzene rings is 1. The van der Waals surface area contributed by atoms with Gasteiger partial charge in [-0.25, -0.2) is 8.42 Å². The SMILES string of the molecule is CN1CCCc2cc(CNC(=O)[C@@H]3CCCN3S(=O)(=O)c3cccs3)ccc21. The van der Waals surface area contributed by atoms with Gasteiger partial charge in [-0.1, -0.05) is 18.2 Å². The number of sulfonamides is 1. The number of anilines is 1. The van der Waals surface area contributed by atoms with Crippen molar-refractivity contribution in [2.75, 3.05) is 25.0 Å². The smallest absolute Gasteiger partial charge is 0.253 e. The summed E-state index contributed by atoms with van der Waals surface area (Å²) in [6.07, 6.45) is 3.45. The minimum atomic E-state index is -3.61. The third kappa shape index (κ3) is 3.68. The lowest BCUT2D eigenvalue weighted by atomic mass is 9.99. The monoisotopic (exact) mass is 419 g/mol. The van der Waals surface area contributed by atoms with E-state index in [4.69, 9.17) is 0 Å². The molecule has 6 nitrogen and oxygen atoms in total. The Balaban J connectivity index is 1.44. The van der Waals surface area contributed by atoms with Gasteiger partial charge in [0.1, 0.15) is 10.3 Å². The normalized spacial score (nSPS) is 20.2. The van der Waals surface area contributed by atoms with Gasteiger partial charge in [-0.2, -0.15) is 4.31 Å². The Morgan fingerprint density at radius 2 is 2.11 bits per heavy atom. The van der Waals surface area contributed by atoms with Gasteiger partial charge >= 0.3 is 0 Å². The molecule has 4 rings (SSSR count). The average Bonchev–Trinajstić information content (AvgIpc) is 3.38. The van der Waals surface area contributed by atoms with E-state index in [2.05, 4.69) is 29.4 Å². The molecule has 0 spiro atoms. The van der Waals surface area contributed by atoms with Crippen molar-refractivity contribution in [3.05, 3.63) is 46.8 Å². The predicted octanol–water partition coefficient (Wildman–Crippen LogP) is 2.60. The van der Waals surface area contributed by atoms with E-state index >= 15 is 0 Å². The molecule has 3 heterocycles. The summed E-state index contributed by atoms with van der Waals surface area (Å²) in [5.74, 6) is -0.215. The summed E-state index contributed by atoms with van der Waals surface area (Å²) in [4.78, 5) is 15.0. The lowest BCUT2D eigenvalue weighted by molar-refractivity contribution is -0.124. The fourth-order valence-corrected chi connectivity index (χ4v) is 6.85. The van der Waals surface area contributed by atoms with Crippen molar-refractivity contribution in [2.24, 2.45) is 0 Å². The van der Waals surface area contributed by atoms with Crippen LogP contribution in [0.1, 0.15) is 30.4 Å². The Bertz CT molecular complexity index is 957. The van der Waals surface area contributed by atoms with Crippen LogP contribution in [0.4, 0.5) is 5.69 Å². The summed E-state index contributed by atoms with van der Waals surface area (Å²) in [6, 6.07) is 8.98. The number of rotatable bonds is 5. The second-order valence-electron chi connectivity index (χ2n) is 7.41. The predicted molar refractivity (Wildman–Crippen MR) is 111 cm³/mol. The van der Waals surface area contributed by atoms with Crippen molar-refractivity contribution in [2.45, 2.75) is 42.5 Å². The number of nitrogens with zero attached hydrogens (tertiary/aromatic N) is 2. The summed E-state index contributed by atoms with van der Waals surface area (Å²) in [7, 11) is -1.51. The molecule has 1 N–H and O–H groups in total. The number of nitrogens with one attached hydrogen (secondary N) is 1. The number of fused-ring (bicyclic) bond motifs is 1. The van der Waals surface area contributed by atoms with Gasteiger partial charge in [0, 0.05) is 32.4 Å². The van der Waals surface area contributed by atoms with Gasteiger partial charge in [0.25, 0.3) is 10.0 Å². The van der Waals surface area contributed by atoms with Gasteiger partial charge in [0.05, 0.1) is 0 Å². The van der Waals surface area contributed by atoms with E-state index in [1.807, 2.05) is 6.07 Å². The molecule has 150 valence electrons. The highest BCUT2D eigenvalue weighted by Gasteiger charge is 2.39. The second-order valence-corrected chi connectivity index (χ2v) is 10.5. The molecule has 0 bridgehead atoms. The van der Waals surface area contributed by atoms with Crippen molar-refractivity contribution in [3.63, 3.8) is 0 Å². The highest BCUT2D eigenvalue weighted by atomic mass is 32.2. The largest absolute Gasteiger partial charge is 0.374 e. The molecule has 8 heteroatoms. The first-order chi connectivity index (χ1) is 13.5. The summed E-state index contributed by atoms with van der Waals surface area (Å²) in [5.41, 5.74) is 3.61. The molecule has 2 aromatic rings. The zero-order valence-electron chi connectivity index (χ0n) is 15.9. The van der Waals surface area contributed by atoms with Crippen LogP contribution in [0.2, 0.25) is 0 Å². The highest BCUT2D eigenvalue weighted by molar-refractivity contribution is 7.91. The molecular formula is C20H25N3O3S2. The number of carbonyl (C=O) groups excluding carboxylic acids is 1. The molecule has 2 aliphatic heterocycles. The van der Waals surface area contributed by atoms with E-state index in [0.29, 0.717) is 30.1 Å². The highest BCUT2D eigenvalue weighted by Crippen LogP contribution is 2.29. The van der Waals surface area contributed by atoms with Crippen molar-refractivity contribution < 1.29 is 13.2 Å². The number of aryl methyl sites for hydroxylation is 1. The van der Waals surface area contributed by atoms with Crippen LogP contribution in [0.5, 0.6) is 0 Å². The first-order valence-corrected chi connectivity index (χ1v) is 11.9. The Morgan fingerprint density at radius 1 is 1.25 bits per heavy atom. The van der Waals surface area contributed by atoms with Crippen LogP contribution in [0.15, 0.2) is 39.9 Å². The lowest BCUT2D eigenvalue weighted by Gasteiger charge is -2.28. The summed E-state index contributed by atoms with van der Waals surface area (Å²) in [5, 5.41) is 4.69. The fraction of sp³-hybridized carbons (Fsp3) is 0.450. The molecule has 0 radical (unpaired) electrons. The zero-order valence-corrected chi connectivity index (χ0v) is 17.6. The minimum absolute atomic E-state index is 0.215. The Labute approximate surface area is 170 Å². The number of thiophene rings is 1. The van der Waals surface area contributed by atoms with E-state index in [1.54, 1.807) is 17.5 Å².